The van der Waals surface area contributed by atoms with Gasteiger partial charge in [-0.25, -0.2) is 0 Å². The van der Waals surface area contributed by atoms with Crippen molar-refractivity contribution in [3.05, 3.63) is 59.2 Å². The Morgan fingerprint density at radius 1 is 1.25 bits per heavy atom. The second-order valence-corrected chi connectivity index (χ2v) is 7.50. The molecule has 124 valence electrons. The maximum Gasteiger partial charge on any atom is 0.157 e. The molecule has 1 aliphatic carbocycles. The molecule has 3 aromatic rings. The number of aromatic nitrogens is 1. The van der Waals surface area contributed by atoms with Crippen LogP contribution in [0.5, 0.6) is 0 Å². The van der Waals surface area contributed by atoms with Crippen LogP contribution >= 0.6 is 0 Å². The van der Waals surface area contributed by atoms with Gasteiger partial charge in [0, 0.05) is 30.3 Å². The van der Waals surface area contributed by atoms with Crippen LogP contribution in [0, 0.1) is 6.92 Å². The zero-order chi connectivity index (χ0) is 16.1. The average molecular weight is 321 g/mol. The lowest BCUT2D eigenvalue weighted by atomic mass is 9.90. The first-order valence-corrected chi connectivity index (χ1v) is 9.30. The first kappa shape index (κ1) is 14.4. The molecule has 0 saturated heterocycles. The van der Waals surface area contributed by atoms with Gasteiger partial charge < -0.3 is 13.9 Å². The molecule has 2 atom stereocenters. The lowest BCUT2D eigenvalue weighted by Crippen LogP contribution is -3.11. The highest BCUT2D eigenvalue weighted by atomic mass is 16.3. The van der Waals surface area contributed by atoms with Crippen molar-refractivity contribution in [1.29, 1.82) is 0 Å². The second kappa shape index (κ2) is 5.52. The molecule has 1 N–H and O–H groups in total. The van der Waals surface area contributed by atoms with Crippen molar-refractivity contribution >= 4 is 10.9 Å². The molecule has 1 unspecified atom stereocenters. The molecule has 24 heavy (non-hydrogen) atoms. The summed E-state index contributed by atoms with van der Waals surface area (Å²) in [5.74, 6) is 1.12. The summed E-state index contributed by atoms with van der Waals surface area (Å²) < 4.78 is 8.30. The van der Waals surface area contributed by atoms with E-state index in [4.69, 9.17) is 4.42 Å². The van der Waals surface area contributed by atoms with Crippen LogP contribution in [0.25, 0.3) is 10.9 Å². The summed E-state index contributed by atoms with van der Waals surface area (Å²) in [7, 11) is 0. The molecule has 5 rings (SSSR count). The number of quaternary nitrogens is 1. The summed E-state index contributed by atoms with van der Waals surface area (Å²) in [5, 5.41) is 1.51. The third-order valence-corrected chi connectivity index (χ3v) is 5.97. The Labute approximate surface area is 142 Å². The van der Waals surface area contributed by atoms with Crippen molar-refractivity contribution in [3.8, 4) is 0 Å². The summed E-state index contributed by atoms with van der Waals surface area (Å²) >= 11 is 0. The van der Waals surface area contributed by atoms with E-state index >= 15 is 0 Å². The molecule has 3 heteroatoms. The van der Waals surface area contributed by atoms with E-state index in [2.05, 4.69) is 35.8 Å². The van der Waals surface area contributed by atoms with Crippen LogP contribution in [-0.2, 0) is 19.5 Å². The van der Waals surface area contributed by atoms with Crippen molar-refractivity contribution in [2.45, 2.75) is 51.7 Å². The maximum atomic E-state index is 5.65. The minimum atomic E-state index is 0.619. The van der Waals surface area contributed by atoms with E-state index in [1.165, 1.54) is 48.7 Å². The SMILES string of the molecule is Cc1ccc2c(c1)c1c3n2CCC[NH+](Cc2ccco2)[C@@H]3CCC1. The largest absolute Gasteiger partial charge is 0.463 e. The topological polar surface area (TPSA) is 22.5 Å². The third kappa shape index (κ3) is 2.15. The van der Waals surface area contributed by atoms with Gasteiger partial charge in [-0.2, -0.15) is 0 Å². The average Bonchev–Trinajstić information content (AvgIpc) is 3.15. The van der Waals surface area contributed by atoms with Crippen LogP contribution in [0.4, 0.5) is 0 Å². The van der Waals surface area contributed by atoms with Gasteiger partial charge in [-0.1, -0.05) is 11.6 Å². The van der Waals surface area contributed by atoms with Gasteiger partial charge in [0.15, 0.2) is 5.76 Å². The summed E-state index contributed by atoms with van der Waals surface area (Å²) in [5.41, 5.74) is 6.09. The van der Waals surface area contributed by atoms with E-state index in [0.29, 0.717) is 6.04 Å². The highest BCUT2D eigenvalue weighted by molar-refractivity contribution is 5.86. The predicted octanol–water partition coefficient (Wildman–Crippen LogP) is 3.41. The minimum Gasteiger partial charge on any atom is -0.463 e. The Bertz CT molecular complexity index is 871. The normalized spacial score (nSPS) is 23.2. The standard InChI is InChI=1S/C21H24N2O/c1-15-8-9-19-18(13-15)17-6-2-7-20-21(17)23(19)11-4-10-22(20)14-16-5-3-12-24-16/h3,5,8-9,12-13,20H,2,4,6-7,10-11,14H2,1H3/p+1/t20-/m1/s1. The van der Waals surface area contributed by atoms with E-state index in [9.17, 15) is 0 Å². The molecule has 0 bridgehead atoms. The molecular weight excluding hydrogens is 296 g/mol. The maximum absolute atomic E-state index is 5.65. The van der Waals surface area contributed by atoms with E-state index in [1.54, 1.807) is 22.4 Å². The Balaban J connectivity index is 1.64. The van der Waals surface area contributed by atoms with Crippen molar-refractivity contribution in [1.82, 2.24) is 4.57 Å². The zero-order valence-electron chi connectivity index (χ0n) is 14.3. The van der Waals surface area contributed by atoms with E-state index in [0.717, 1.165) is 18.8 Å². The number of nitrogens with one attached hydrogen (secondary N) is 1. The van der Waals surface area contributed by atoms with Gasteiger partial charge in [0.25, 0.3) is 0 Å². The van der Waals surface area contributed by atoms with Crippen LogP contribution in [0.1, 0.15) is 47.9 Å². The lowest BCUT2D eigenvalue weighted by molar-refractivity contribution is -0.946. The first-order valence-electron chi connectivity index (χ1n) is 9.30. The fourth-order valence-corrected chi connectivity index (χ4v) is 4.96. The number of rotatable bonds is 2. The molecule has 1 aromatic carbocycles. The highest BCUT2D eigenvalue weighted by Crippen LogP contribution is 2.37. The predicted molar refractivity (Wildman–Crippen MR) is 95.2 cm³/mol. The molecule has 2 aromatic heterocycles. The number of fused-ring (bicyclic) bond motifs is 3. The number of hydrogen-bond donors (Lipinski definition) is 1. The number of benzene rings is 1. The van der Waals surface area contributed by atoms with Crippen LogP contribution in [0.15, 0.2) is 41.0 Å². The van der Waals surface area contributed by atoms with Crippen LogP contribution in [0.2, 0.25) is 0 Å². The van der Waals surface area contributed by atoms with Gasteiger partial charge in [-0.05, 0) is 49.6 Å². The first-order chi connectivity index (χ1) is 11.8. The summed E-state index contributed by atoms with van der Waals surface area (Å²) in [6.07, 6.45) is 6.91. The Morgan fingerprint density at radius 2 is 2.21 bits per heavy atom. The quantitative estimate of drug-likeness (QED) is 0.768. The summed E-state index contributed by atoms with van der Waals surface area (Å²) in [6.45, 7) is 5.62. The lowest BCUT2D eigenvalue weighted by Gasteiger charge is -2.30. The van der Waals surface area contributed by atoms with Crippen molar-refractivity contribution in [2.75, 3.05) is 6.54 Å². The van der Waals surface area contributed by atoms with Crippen LogP contribution < -0.4 is 4.90 Å². The highest BCUT2D eigenvalue weighted by Gasteiger charge is 2.36. The van der Waals surface area contributed by atoms with E-state index in [1.807, 2.05) is 6.07 Å². The number of hydrogen-bond acceptors (Lipinski definition) is 1. The van der Waals surface area contributed by atoms with Crippen molar-refractivity contribution < 1.29 is 9.32 Å². The van der Waals surface area contributed by atoms with Crippen molar-refractivity contribution in [3.63, 3.8) is 0 Å². The Hall–Kier alpha value is -2.00. The summed E-state index contributed by atoms with van der Waals surface area (Å²) in [6, 6.07) is 11.8. The fourth-order valence-electron chi connectivity index (χ4n) is 4.96. The zero-order valence-corrected chi connectivity index (χ0v) is 14.3. The van der Waals surface area contributed by atoms with Gasteiger partial charge in [0.1, 0.15) is 12.6 Å². The molecule has 0 radical (unpaired) electrons. The Kier molecular flexibility index (Phi) is 3.30. The van der Waals surface area contributed by atoms with Gasteiger partial charge in [0.05, 0.1) is 18.5 Å². The number of aryl methyl sites for hydroxylation is 3. The van der Waals surface area contributed by atoms with Gasteiger partial charge in [-0.15, -0.1) is 0 Å². The van der Waals surface area contributed by atoms with Crippen molar-refractivity contribution in [2.24, 2.45) is 0 Å². The minimum absolute atomic E-state index is 0.619. The van der Waals surface area contributed by atoms with Gasteiger partial charge in [0.2, 0.25) is 0 Å². The van der Waals surface area contributed by atoms with Gasteiger partial charge in [-0.3, -0.25) is 0 Å². The van der Waals surface area contributed by atoms with E-state index < -0.39 is 0 Å². The molecule has 1 aliphatic heterocycles. The smallest absolute Gasteiger partial charge is 0.157 e. The molecular formula is C21H25N2O+. The molecule has 3 heterocycles. The number of furan rings is 1. The van der Waals surface area contributed by atoms with Crippen LogP contribution in [-0.4, -0.2) is 11.1 Å². The van der Waals surface area contributed by atoms with Crippen LogP contribution in [0.3, 0.4) is 0 Å². The molecule has 3 nitrogen and oxygen atoms in total. The monoisotopic (exact) mass is 321 g/mol. The molecule has 0 fully saturated rings. The number of nitrogens with zero attached hydrogens (tertiary/aromatic N) is 1. The van der Waals surface area contributed by atoms with E-state index in [-0.39, 0.29) is 0 Å². The Morgan fingerprint density at radius 3 is 3.08 bits per heavy atom. The summed E-state index contributed by atoms with van der Waals surface area (Å²) in [4.78, 5) is 1.68. The molecule has 0 saturated carbocycles. The molecule has 2 aliphatic rings. The third-order valence-electron chi connectivity index (χ3n) is 5.97. The molecule has 0 amide bonds. The molecule has 0 spiro atoms. The van der Waals surface area contributed by atoms with Gasteiger partial charge >= 0.3 is 0 Å². The fraction of sp³-hybridized carbons (Fsp3) is 0.429. The second-order valence-electron chi connectivity index (χ2n) is 7.50.